The van der Waals surface area contributed by atoms with Gasteiger partial charge < -0.3 is 10.2 Å². The van der Waals surface area contributed by atoms with Gasteiger partial charge in [-0.25, -0.2) is 0 Å². The molecule has 0 amide bonds. The second kappa shape index (κ2) is 20.0. The van der Waals surface area contributed by atoms with Gasteiger partial charge in [-0.05, 0) is 36.4 Å². The van der Waals surface area contributed by atoms with Gasteiger partial charge in [-0.3, -0.25) is 18.2 Å². The second-order valence-corrected chi connectivity index (χ2v) is 16.8. The molecule has 26 heteroatoms. The fraction of sp³-hybridized carbons (Fsp3) is 0. The number of phenolic OH excluding ortho intramolecular Hbond substituents is 2. The van der Waals surface area contributed by atoms with Crippen LogP contribution in [-0.2, 0) is 40.5 Å². The summed E-state index contributed by atoms with van der Waals surface area (Å²) in [5.41, 5.74) is -2.48. The number of rotatable bonds is 9. The number of hydrogen-bond acceptors (Lipinski definition) is 14. The third-order valence-corrected chi connectivity index (χ3v) is 11.4. The first-order chi connectivity index (χ1) is 25.1. The van der Waals surface area contributed by atoms with Gasteiger partial charge in [0.25, 0.3) is 40.5 Å². The molecular formula is C32H22N4Na4O14S4. The quantitative estimate of drug-likeness (QED) is 0.0604. The van der Waals surface area contributed by atoms with Crippen molar-refractivity contribution in [2.75, 3.05) is 0 Å². The predicted octanol–water partition coefficient (Wildman–Crippen LogP) is 5.37. The molecule has 0 heterocycles. The number of hydrogen-bond donors (Lipinski definition) is 6. The van der Waals surface area contributed by atoms with E-state index in [1.54, 1.807) is 0 Å². The van der Waals surface area contributed by atoms with Crippen molar-refractivity contribution in [3.63, 3.8) is 0 Å². The van der Waals surface area contributed by atoms with E-state index >= 15 is 0 Å². The minimum atomic E-state index is -5.19. The second-order valence-electron chi connectivity index (χ2n) is 11.2. The van der Waals surface area contributed by atoms with E-state index in [1.165, 1.54) is 48.5 Å². The fourth-order valence-corrected chi connectivity index (χ4v) is 8.33. The predicted molar refractivity (Wildman–Crippen MR) is 214 cm³/mol. The summed E-state index contributed by atoms with van der Waals surface area (Å²) in [5, 5.41) is 36.5. The van der Waals surface area contributed by atoms with Gasteiger partial charge in [0.15, 0.2) is 11.5 Å². The Morgan fingerprint density at radius 1 is 0.362 bits per heavy atom. The van der Waals surface area contributed by atoms with Gasteiger partial charge in [-0.15, -0.1) is 10.2 Å². The van der Waals surface area contributed by atoms with Crippen LogP contribution in [0.1, 0.15) is 0 Å². The number of azo groups is 2. The smallest absolute Gasteiger partial charge is 0.295 e. The molecule has 6 rings (SSSR count). The summed E-state index contributed by atoms with van der Waals surface area (Å²) in [4.78, 5) is -3.09. The average Bonchev–Trinajstić information content (AvgIpc) is 3.09. The third kappa shape index (κ3) is 11.4. The summed E-state index contributed by atoms with van der Waals surface area (Å²) >= 11 is 0. The third-order valence-electron chi connectivity index (χ3n) is 7.79. The van der Waals surface area contributed by atoms with Crippen molar-refractivity contribution >= 4 is 203 Å². The molecule has 0 saturated heterocycles. The Labute approximate surface area is 419 Å². The Morgan fingerprint density at radius 3 is 0.948 bits per heavy atom. The molecule has 0 bridgehead atoms. The van der Waals surface area contributed by atoms with E-state index < -0.39 is 94.1 Å². The molecule has 0 unspecified atom stereocenters. The molecule has 0 saturated carbocycles. The SMILES string of the molecule is O=S(=O)(O)c1cc(N=Nc2cc(S(=O)(=O)O)c3ccccc3c2O)ccc1-c1ccc(N=Nc2cc(S(=O)(=O)O)c3ccccc3c2O)cc1S(=O)(=O)O.[Na].[Na].[Na].[Na]. The van der Waals surface area contributed by atoms with E-state index in [0.29, 0.717) is 0 Å². The molecule has 6 aromatic carbocycles. The maximum absolute atomic E-state index is 12.5. The number of phenols is 2. The molecule has 0 spiro atoms. The van der Waals surface area contributed by atoms with Crippen LogP contribution < -0.4 is 0 Å². The van der Waals surface area contributed by atoms with Crippen molar-refractivity contribution in [3.05, 3.63) is 97.1 Å². The zero-order valence-corrected chi connectivity index (χ0v) is 41.9. The van der Waals surface area contributed by atoms with Crippen molar-refractivity contribution in [3.8, 4) is 22.6 Å². The minimum absolute atomic E-state index is 0. The van der Waals surface area contributed by atoms with Crippen molar-refractivity contribution < 1.29 is 62.1 Å². The summed E-state index contributed by atoms with van der Waals surface area (Å²) in [6, 6.07) is 18.6. The Morgan fingerprint density at radius 2 is 0.655 bits per heavy atom. The first-order valence-corrected chi connectivity index (χ1v) is 20.4. The van der Waals surface area contributed by atoms with Crippen LogP contribution in [0.4, 0.5) is 22.7 Å². The van der Waals surface area contributed by atoms with Crippen LogP contribution in [0.15, 0.2) is 137 Å². The molecule has 0 aromatic heterocycles. The molecule has 58 heavy (non-hydrogen) atoms. The fourth-order valence-electron chi connectivity index (χ4n) is 5.45. The van der Waals surface area contributed by atoms with E-state index in [9.17, 15) is 62.1 Å². The Bertz CT molecular complexity index is 2890. The van der Waals surface area contributed by atoms with Gasteiger partial charge >= 0.3 is 0 Å². The topological polar surface area (TPSA) is 307 Å². The Kier molecular flexibility index (Phi) is 18.1. The molecule has 6 aromatic rings. The maximum atomic E-state index is 12.5. The zero-order chi connectivity index (χ0) is 39.4. The molecular weight excluding hydrogens is 885 g/mol. The minimum Gasteiger partial charge on any atom is -0.505 e. The largest absolute Gasteiger partial charge is 0.505 e. The van der Waals surface area contributed by atoms with Crippen LogP contribution in [0.25, 0.3) is 32.7 Å². The number of benzene rings is 6. The number of fused-ring (bicyclic) bond motifs is 2. The van der Waals surface area contributed by atoms with Gasteiger partial charge in [0.1, 0.15) is 31.0 Å². The molecule has 0 aliphatic rings. The van der Waals surface area contributed by atoms with Crippen LogP contribution in [0.2, 0.25) is 0 Å². The van der Waals surface area contributed by atoms with E-state index in [4.69, 9.17) is 0 Å². The normalized spacial score (nSPS) is 12.1. The van der Waals surface area contributed by atoms with E-state index in [-0.39, 0.29) is 151 Å². The molecule has 0 atom stereocenters. The summed E-state index contributed by atoms with van der Waals surface area (Å²) in [6.07, 6.45) is 0. The molecule has 0 aliphatic heterocycles. The van der Waals surface area contributed by atoms with Crippen molar-refractivity contribution in [2.45, 2.75) is 19.6 Å². The standard InChI is InChI=1S/C32H22N4O14S4.4Na/c37-31-23-7-3-1-5-19(23)29(53(45,46)47)15-25(31)35-33-17-9-11-21(27(13-17)51(39,40)41)22-12-10-18(14-28(22)52(42,43)44)34-36-26-16-30(54(48,49)50)20-6-2-4-8-24(20)32(26)38;;;;/h1-16,37-38H,(H,39,40,41)(H,42,43,44)(H,45,46,47)(H,48,49,50);;;;. The van der Waals surface area contributed by atoms with Crippen LogP contribution in [-0.4, -0.2) is 180 Å². The van der Waals surface area contributed by atoms with Gasteiger partial charge in [0.05, 0.1) is 11.4 Å². The van der Waals surface area contributed by atoms with E-state index in [1.807, 2.05) is 0 Å². The summed E-state index contributed by atoms with van der Waals surface area (Å²) in [5.74, 6) is -1.09. The zero-order valence-electron chi connectivity index (χ0n) is 30.6. The van der Waals surface area contributed by atoms with Crippen LogP contribution in [0.3, 0.4) is 0 Å². The first kappa shape index (κ1) is 52.4. The van der Waals surface area contributed by atoms with E-state index in [2.05, 4.69) is 20.5 Å². The van der Waals surface area contributed by atoms with Crippen molar-refractivity contribution in [2.24, 2.45) is 20.5 Å². The molecule has 18 nitrogen and oxygen atoms in total. The van der Waals surface area contributed by atoms with Gasteiger partial charge in [0.2, 0.25) is 0 Å². The average molecular weight is 907 g/mol. The Hall–Kier alpha value is -1.72. The van der Waals surface area contributed by atoms with Gasteiger partial charge in [0, 0.05) is 151 Å². The van der Waals surface area contributed by atoms with E-state index in [0.717, 1.165) is 48.5 Å². The molecule has 0 aliphatic carbocycles. The van der Waals surface area contributed by atoms with Gasteiger partial charge in [-0.1, -0.05) is 60.7 Å². The van der Waals surface area contributed by atoms with Crippen molar-refractivity contribution in [1.29, 1.82) is 0 Å². The summed E-state index contributed by atoms with van der Waals surface area (Å²) < 4.78 is 138. The van der Waals surface area contributed by atoms with Gasteiger partial charge in [-0.2, -0.15) is 43.9 Å². The number of aromatic hydroxyl groups is 2. The van der Waals surface area contributed by atoms with Crippen molar-refractivity contribution in [1.82, 2.24) is 0 Å². The summed E-state index contributed by atoms with van der Waals surface area (Å²) in [7, 11) is -20.0. The first-order valence-electron chi connectivity index (χ1n) is 14.7. The Balaban J connectivity index is 0.00000290. The summed E-state index contributed by atoms with van der Waals surface area (Å²) in [6.45, 7) is 0. The molecule has 6 N–H and O–H groups in total. The molecule has 282 valence electrons. The monoisotopic (exact) mass is 906 g/mol. The number of nitrogens with zero attached hydrogens (tertiary/aromatic N) is 4. The maximum Gasteiger partial charge on any atom is 0.295 e. The molecule has 0 fully saturated rings. The van der Waals surface area contributed by atoms with Crippen LogP contribution >= 0.6 is 0 Å². The molecule has 4 radical (unpaired) electrons. The van der Waals surface area contributed by atoms with Crippen LogP contribution in [0.5, 0.6) is 11.5 Å². The van der Waals surface area contributed by atoms with Crippen LogP contribution in [0, 0.1) is 0 Å².